The van der Waals surface area contributed by atoms with Gasteiger partial charge >= 0.3 is 6.18 Å². The first-order valence-electron chi connectivity index (χ1n) is 6.89. The van der Waals surface area contributed by atoms with E-state index < -0.39 is 23.2 Å². The van der Waals surface area contributed by atoms with Gasteiger partial charge in [0.2, 0.25) is 11.6 Å². The number of phenolic OH excluding ortho intramolecular Hbond substituents is 1. The summed E-state index contributed by atoms with van der Waals surface area (Å²) in [5.41, 5.74) is -3.74. The summed E-state index contributed by atoms with van der Waals surface area (Å²) in [4.78, 5) is 13.3. The number of anilines is 1. The number of benzene rings is 1. The molecule has 122 valence electrons. The summed E-state index contributed by atoms with van der Waals surface area (Å²) >= 11 is 0. The van der Waals surface area contributed by atoms with Gasteiger partial charge in [0, 0.05) is 5.69 Å². The molecule has 0 aliphatic carbocycles. The number of hydrogen-bond donors (Lipinski definition) is 1. The molecule has 2 rings (SSSR count). The van der Waals surface area contributed by atoms with Crippen LogP contribution in [0.3, 0.4) is 0 Å². The molecule has 1 heterocycles. The molecule has 0 saturated carbocycles. The lowest BCUT2D eigenvalue weighted by Crippen LogP contribution is -2.68. The smallest absolute Gasteiger partial charge is 0.436 e. The van der Waals surface area contributed by atoms with Gasteiger partial charge in [-0.05, 0) is 44.5 Å². The van der Waals surface area contributed by atoms with Crippen molar-refractivity contribution in [3.8, 4) is 5.75 Å². The number of ether oxygens (including phenoxy) is 1. The van der Waals surface area contributed by atoms with Gasteiger partial charge in [-0.25, -0.2) is 0 Å². The standard InChI is InChI=1S/C15H18F3NO3/c1-4-13(2)9-22-14(3,15(16,17)18)19(12(13)21)10-5-7-11(20)8-6-10/h5-8,20H,4,9H2,1-3H3. The van der Waals surface area contributed by atoms with E-state index in [2.05, 4.69) is 0 Å². The molecule has 1 aliphatic rings. The van der Waals surface area contributed by atoms with Crippen LogP contribution in [0.25, 0.3) is 0 Å². The van der Waals surface area contributed by atoms with Gasteiger partial charge in [-0.15, -0.1) is 0 Å². The fourth-order valence-corrected chi connectivity index (χ4v) is 2.32. The quantitative estimate of drug-likeness (QED) is 0.909. The van der Waals surface area contributed by atoms with E-state index in [4.69, 9.17) is 4.74 Å². The predicted molar refractivity (Wildman–Crippen MR) is 74.4 cm³/mol. The highest BCUT2D eigenvalue weighted by Crippen LogP contribution is 2.46. The predicted octanol–water partition coefficient (Wildman–Crippen LogP) is 3.45. The summed E-state index contributed by atoms with van der Waals surface area (Å²) < 4.78 is 45.6. The van der Waals surface area contributed by atoms with E-state index in [1.165, 1.54) is 24.3 Å². The van der Waals surface area contributed by atoms with Crippen LogP contribution in [0.5, 0.6) is 5.75 Å². The number of hydrogen-bond acceptors (Lipinski definition) is 3. The van der Waals surface area contributed by atoms with E-state index in [0.717, 1.165) is 6.92 Å². The SMILES string of the molecule is CCC1(C)COC(C)(C(F)(F)F)N(c2ccc(O)cc2)C1=O. The van der Waals surface area contributed by atoms with Crippen molar-refractivity contribution in [2.45, 2.75) is 39.1 Å². The number of rotatable bonds is 2. The van der Waals surface area contributed by atoms with Gasteiger partial charge in [0.25, 0.3) is 0 Å². The van der Waals surface area contributed by atoms with Gasteiger partial charge in [-0.3, -0.25) is 9.69 Å². The average molecular weight is 317 g/mol. The van der Waals surface area contributed by atoms with Crippen LogP contribution >= 0.6 is 0 Å². The number of carbonyl (C=O) groups excluding carboxylic acids is 1. The molecule has 1 aromatic carbocycles. The second kappa shape index (κ2) is 5.15. The van der Waals surface area contributed by atoms with Gasteiger partial charge < -0.3 is 9.84 Å². The Labute approximate surface area is 126 Å². The minimum absolute atomic E-state index is 0.0296. The number of alkyl halides is 3. The Morgan fingerprint density at radius 2 is 1.82 bits per heavy atom. The van der Waals surface area contributed by atoms with Crippen molar-refractivity contribution < 1.29 is 27.8 Å². The van der Waals surface area contributed by atoms with E-state index in [1.54, 1.807) is 13.8 Å². The lowest BCUT2D eigenvalue weighted by atomic mass is 9.84. The number of nitrogens with zero attached hydrogens (tertiary/aromatic N) is 1. The highest BCUT2D eigenvalue weighted by molar-refractivity contribution is 5.99. The highest BCUT2D eigenvalue weighted by Gasteiger charge is 2.63. The topological polar surface area (TPSA) is 49.8 Å². The molecule has 1 aromatic rings. The van der Waals surface area contributed by atoms with Crippen LogP contribution in [-0.2, 0) is 9.53 Å². The molecule has 0 spiro atoms. The third kappa shape index (κ3) is 2.43. The maximum Gasteiger partial charge on any atom is 0.436 e. The number of amides is 1. The molecule has 1 aliphatic heterocycles. The Morgan fingerprint density at radius 3 is 2.27 bits per heavy atom. The molecule has 0 aromatic heterocycles. The van der Waals surface area contributed by atoms with Crippen molar-refractivity contribution in [3.05, 3.63) is 24.3 Å². The summed E-state index contributed by atoms with van der Waals surface area (Å²) in [5.74, 6) is -0.743. The van der Waals surface area contributed by atoms with Crippen LogP contribution in [0.4, 0.5) is 18.9 Å². The summed E-state index contributed by atoms with van der Waals surface area (Å²) in [6, 6.07) is 5.00. The van der Waals surface area contributed by atoms with Crippen LogP contribution in [0.1, 0.15) is 27.2 Å². The zero-order chi connectivity index (χ0) is 16.8. The normalized spacial score (nSPS) is 29.7. The highest BCUT2D eigenvalue weighted by atomic mass is 19.4. The van der Waals surface area contributed by atoms with Crippen LogP contribution in [-0.4, -0.2) is 29.5 Å². The van der Waals surface area contributed by atoms with Crippen LogP contribution in [0.2, 0.25) is 0 Å². The van der Waals surface area contributed by atoms with Gasteiger partial charge in [0.05, 0.1) is 12.0 Å². The maximum absolute atomic E-state index is 13.5. The van der Waals surface area contributed by atoms with E-state index in [9.17, 15) is 23.1 Å². The third-order valence-corrected chi connectivity index (χ3v) is 4.23. The molecular weight excluding hydrogens is 299 g/mol. The summed E-state index contributed by atoms with van der Waals surface area (Å²) in [7, 11) is 0. The monoisotopic (exact) mass is 317 g/mol. The minimum Gasteiger partial charge on any atom is -0.508 e. The number of carbonyl (C=O) groups is 1. The zero-order valence-corrected chi connectivity index (χ0v) is 12.6. The van der Waals surface area contributed by atoms with Crippen molar-refractivity contribution in [3.63, 3.8) is 0 Å². The Balaban J connectivity index is 2.57. The molecule has 0 radical (unpaired) electrons. The molecule has 1 fully saturated rings. The number of halogens is 3. The van der Waals surface area contributed by atoms with Crippen molar-refractivity contribution >= 4 is 11.6 Å². The van der Waals surface area contributed by atoms with E-state index in [1.807, 2.05) is 0 Å². The molecule has 2 unspecified atom stereocenters. The van der Waals surface area contributed by atoms with E-state index in [-0.39, 0.29) is 18.0 Å². The lowest BCUT2D eigenvalue weighted by molar-refractivity contribution is -0.284. The van der Waals surface area contributed by atoms with Gasteiger partial charge in [-0.1, -0.05) is 6.92 Å². The summed E-state index contributed by atoms with van der Waals surface area (Å²) in [5, 5.41) is 9.30. The summed E-state index contributed by atoms with van der Waals surface area (Å²) in [6.45, 7) is 3.85. The second-order valence-electron chi connectivity index (χ2n) is 5.84. The van der Waals surface area contributed by atoms with Crippen LogP contribution in [0.15, 0.2) is 24.3 Å². The first kappa shape index (κ1) is 16.6. The Bertz CT molecular complexity index is 572. The number of phenols is 1. The lowest BCUT2D eigenvalue weighted by Gasteiger charge is -2.50. The molecule has 22 heavy (non-hydrogen) atoms. The fourth-order valence-electron chi connectivity index (χ4n) is 2.32. The minimum atomic E-state index is -4.75. The van der Waals surface area contributed by atoms with E-state index in [0.29, 0.717) is 11.3 Å². The molecule has 1 saturated heterocycles. The van der Waals surface area contributed by atoms with Crippen molar-refractivity contribution in [2.24, 2.45) is 5.41 Å². The fraction of sp³-hybridized carbons (Fsp3) is 0.533. The van der Waals surface area contributed by atoms with Gasteiger partial charge in [0.1, 0.15) is 5.75 Å². The zero-order valence-electron chi connectivity index (χ0n) is 12.6. The first-order chi connectivity index (χ1) is 10.0. The van der Waals surface area contributed by atoms with Crippen LogP contribution < -0.4 is 4.90 Å². The first-order valence-corrected chi connectivity index (χ1v) is 6.89. The molecular formula is C15H18F3NO3. The molecule has 1 N–H and O–H groups in total. The van der Waals surface area contributed by atoms with E-state index >= 15 is 0 Å². The average Bonchev–Trinajstić information content (AvgIpc) is 2.44. The molecule has 4 nitrogen and oxygen atoms in total. The summed E-state index contributed by atoms with van der Waals surface area (Å²) in [6.07, 6.45) is -4.40. The second-order valence-corrected chi connectivity index (χ2v) is 5.84. The van der Waals surface area contributed by atoms with Crippen LogP contribution in [0, 0.1) is 5.41 Å². The third-order valence-electron chi connectivity index (χ3n) is 4.23. The van der Waals surface area contributed by atoms with Crippen molar-refractivity contribution in [2.75, 3.05) is 11.5 Å². The molecule has 0 bridgehead atoms. The maximum atomic E-state index is 13.5. The Morgan fingerprint density at radius 1 is 1.27 bits per heavy atom. The largest absolute Gasteiger partial charge is 0.508 e. The Kier molecular flexibility index (Phi) is 3.89. The van der Waals surface area contributed by atoms with Crippen molar-refractivity contribution in [1.82, 2.24) is 0 Å². The molecule has 7 heteroatoms. The number of aromatic hydroxyl groups is 1. The van der Waals surface area contributed by atoms with Gasteiger partial charge in [-0.2, -0.15) is 13.2 Å². The Hall–Kier alpha value is -1.76. The molecule has 2 atom stereocenters. The molecule has 1 amide bonds. The van der Waals surface area contributed by atoms with Gasteiger partial charge in [0.15, 0.2) is 0 Å². The van der Waals surface area contributed by atoms with Crippen molar-refractivity contribution in [1.29, 1.82) is 0 Å².